The molecule has 0 aliphatic rings. The predicted octanol–water partition coefficient (Wildman–Crippen LogP) is 1.49. The van der Waals surface area contributed by atoms with Crippen LogP contribution in [0.15, 0.2) is 18.2 Å². The smallest absolute Gasteiger partial charge is 0.130 e. The van der Waals surface area contributed by atoms with Gasteiger partial charge >= 0.3 is 0 Å². The van der Waals surface area contributed by atoms with Crippen LogP contribution in [0, 0.1) is 11.6 Å². The van der Waals surface area contributed by atoms with Gasteiger partial charge in [0.15, 0.2) is 0 Å². The predicted molar refractivity (Wildman–Crippen MR) is 42.1 cm³/mol. The zero-order valence-corrected chi connectivity index (χ0v) is 6.64. The van der Waals surface area contributed by atoms with Crippen LogP contribution in [0.25, 0.3) is 0 Å². The first-order chi connectivity index (χ1) is 5.65. The van der Waals surface area contributed by atoms with Gasteiger partial charge in [-0.05, 0) is 13.0 Å². The van der Waals surface area contributed by atoms with Gasteiger partial charge in [0, 0.05) is 17.7 Å². The Hall–Kier alpha value is -1.00. The van der Waals surface area contributed by atoms with Gasteiger partial charge in [-0.15, -0.1) is 0 Å². The topological polar surface area (TPSA) is 38.0 Å². The number of rotatable bonds is 2. The summed E-state index contributed by atoms with van der Waals surface area (Å²) in [6, 6.07) is 3.09. The van der Waals surface area contributed by atoms with E-state index in [-0.39, 0.29) is 6.04 Å². The Kier molecular flexibility index (Phi) is 2.73. The van der Waals surface area contributed by atoms with Crippen LogP contribution in [0.5, 0.6) is 0 Å². The van der Waals surface area contributed by atoms with E-state index >= 15 is 0 Å². The molecule has 0 spiro atoms. The minimum absolute atomic E-state index is 0.314. The number of halogens is 2. The molecule has 0 bridgehead atoms. The molecule has 0 heterocycles. The van der Waals surface area contributed by atoms with Gasteiger partial charge in [-0.3, -0.25) is 11.3 Å². The van der Waals surface area contributed by atoms with Gasteiger partial charge in [-0.25, -0.2) is 8.78 Å². The molecule has 0 aliphatic heterocycles. The van der Waals surface area contributed by atoms with E-state index in [1.54, 1.807) is 6.92 Å². The lowest BCUT2D eigenvalue weighted by Crippen LogP contribution is -2.26. The van der Waals surface area contributed by atoms with Gasteiger partial charge in [0.05, 0.1) is 0 Å². The average molecular weight is 172 g/mol. The first-order valence-corrected chi connectivity index (χ1v) is 3.56. The van der Waals surface area contributed by atoms with E-state index in [1.807, 2.05) is 0 Å². The maximum atomic E-state index is 13.0. The third-order valence-electron chi connectivity index (χ3n) is 1.68. The molecule has 0 fully saturated rings. The summed E-state index contributed by atoms with van der Waals surface area (Å²) in [5.74, 6) is 3.93. The molecular weight excluding hydrogens is 162 g/mol. The van der Waals surface area contributed by atoms with Crippen LogP contribution >= 0.6 is 0 Å². The summed E-state index contributed by atoms with van der Waals surface area (Å²) in [7, 11) is 0. The fourth-order valence-electron chi connectivity index (χ4n) is 0.942. The van der Waals surface area contributed by atoms with E-state index in [9.17, 15) is 8.78 Å². The van der Waals surface area contributed by atoms with Crippen molar-refractivity contribution in [2.45, 2.75) is 13.0 Å². The molecule has 0 radical (unpaired) electrons. The zero-order chi connectivity index (χ0) is 9.14. The molecule has 12 heavy (non-hydrogen) atoms. The molecule has 0 aromatic heterocycles. The minimum Gasteiger partial charge on any atom is -0.271 e. The maximum absolute atomic E-state index is 13.0. The molecule has 1 rings (SSSR count). The standard InChI is InChI=1S/C8H10F2N2/c1-5(12-11)7-3-2-6(9)4-8(7)10/h2-5,12H,11H2,1H3. The van der Waals surface area contributed by atoms with Crippen LogP contribution in [-0.2, 0) is 0 Å². The van der Waals surface area contributed by atoms with Gasteiger partial charge in [-0.1, -0.05) is 6.07 Å². The highest BCUT2D eigenvalue weighted by atomic mass is 19.1. The molecule has 1 aromatic rings. The Morgan fingerprint density at radius 1 is 1.42 bits per heavy atom. The second kappa shape index (κ2) is 3.60. The van der Waals surface area contributed by atoms with Crippen LogP contribution in [0.3, 0.4) is 0 Å². The van der Waals surface area contributed by atoms with Crippen molar-refractivity contribution >= 4 is 0 Å². The van der Waals surface area contributed by atoms with Crippen molar-refractivity contribution in [3.8, 4) is 0 Å². The monoisotopic (exact) mass is 172 g/mol. The summed E-state index contributed by atoms with van der Waals surface area (Å²) >= 11 is 0. The van der Waals surface area contributed by atoms with Crippen LogP contribution in [0.4, 0.5) is 8.78 Å². The molecule has 3 N–H and O–H groups in total. The van der Waals surface area contributed by atoms with E-state index in [0.717, 1.165) is 6.07 Å². The molecule has 1 atom stereocenters. The lowest BCUT2D eigenvalue weighted by atomic mass is 10.1. The van der Waals surface area contributed by atoms with Crippen molar-refractivity contribution in [1.82, 2.24) is 5.43 Å². The Labute approximate surface area is 69.4 Å². The molecule has 0 saturated carbocycles. The van der Waals surface area contributed by atoms with Crippen molar-refractivity contribution in [3.63, 3.8) is 0 Å². The highest BCUT2D eigenvalue weighted by molar-refractivity contribution is 5.21. The van der Waals surface area contributed by atoms with Gasteiger partial charge in [-0.2, -0.15) is 0 Å². The van der Waals surface area contributed by atoms with Gasteiger partial charge in [0.2, 0.25) is 0 Å². The molecule has 4 heteroatoms. The number of hydrogen-bond donors (Lipinski definition) is 2. The molecule has 0 amide bonds. The summed E-state index contributed by atoms with van der Waals surface area (Å²) in [6.07, 6.45) is 0. The lowest BCUT2D eigenvalue weighted by Gasteiger charge is -2.10. The van der Waals surface area contributed by atoms with Crippen molar-refractivity contribution in [2.24, 2.45) is 5.84 Å². The number of nitrogens with one attached hydrogen (secondary N) is 1. The average Bonchev–Trinajstić information content (AvgIpc) is 2.03. The van der Waals surface area contributed by atoms with E-state index in [1.165, 1.54) is 12.1 Å². The van der Waals surface area contributed by atoms with E-state index in [4.69, 9.17) is 5.84 Å². The van der Waals surface area contributed by atoms with E-state index in [2.05, 4.69) is 5.43 Å². The summed E-state index contributed by atoms with van der Waals surface area (Å²) in [5, 5.41) is 0. The van der Waals surface area contributed by atoms with Crippen LogP contribution < -0.4 is 11.3 Å². The number of hydrazine groups is 1. The van der Waals surface area contributed by atoms with Crippen LogP contribution in [0.1, 0.15) is 18.5 Å². The Bertz CT molecular complexity index is 276. The second-order valence-electron chi connectivity index (χ2n) is 2.55. The Morgan fingerprint density at radius 2 is 2.08 bits per heavy atom. The summed E-state index contributed by atoms with van der Waals surface area (Å²) in [5.41, 5.74) is 2.74. The van der Waals surface area contributed by atoms with Crippen molar-refractivity contribution in [3.05, 3.63) is 35.4 Å². The molecule has 2 nitrogen and oxygen atoms in total. The summed E-state index contributed by atoms with van der Waals surface area (Å²) < 4.78 is 25.4. The molecular formula is C8H10F2N2. The SMILES string of the molecule is CC(NN)c1ccc(F)cc1F. The zero-order valence-electron chi connectivity index (χ0n) is 6.64. The first kappa shape index (κ1) is 9.09. The van der Waals surface area contributed by atoms with Crippen LogP contribution in [0.2, 0.25) is 0 Å². The van der Waals surface area contributed by atoms with Crippen LogP contribution in [-0.4, -0.2) is 0 Å². The highest BCUT2D eigenvalue weighted by Gasteiger charge is 2.09. The third-order valence-corrected chi connectivity index (χ3v) is 1.68. The van der Waals surface area contributed by atoms with Crippen molar-refractivity contribution in [2.75, 3.05) is 0 Å². The van der Waals surface area contributed by atoms with Crippen molar-refractivity contribution < 1.29 is 8.78 Å². The molecule has 0 saturated heterocycles. The third kappa shape index (κ3) is 1.78. The summed E-state index contributed by atoms with van der Waals surface area (Å²) in [4.78, 5) is 0. The normalized spacial score (nSPS) is 13.0. The summed E-state index contributed by atoms with van der Waals surface area (Å²) in [6.45, 7) is 1.69. The number of nitrogens with two attached hydrogens (primary N) is 1. The van der Waals surface area contributed by atoms with Crippen molar-refractivity contribution in [1.29, 1.82) is 0 Å². The largest absolute Gasteiger partial charge is 0.271 e. The van der Waals surface area contributed by atoms with Gasteiger partial charge < -0.3 is 0 Å². The van der Waals surface area contributed by atoms with Gasteiger partial charge in [0.25, 0.3) is 0 Å². The fraction of sp³-hybridized carbons (Fsp3) is 0.250. The number of benzene rings is 1. The Balaban J connectivity index is 3.01. The maximum Gasteiger partial charge on any atom is 0.130 e. The quantitative estimate of drug-likeness (QED) is 0.524. The van der Waals surface area contributed by atoms with E-state index < -0.39 is 11.6 Å². The number of hydrogen-bond acceptors (Lipinski definition) is 2. The molecule has 1 unspecified atom stereocenters. The minimum atomic E-state index is -0.583. The Morgan fingerprint density at radius 3 is 2.58 bits per heavy atom. The highest BCUT2D eigenvalue weighted by Crippen LogP contribution is 2.16. The fourth-order valence-corrected chi connectivity index (χ4v) is 0.942. The molecule has 0 aliphatic carbocycles. The van der Waals surface area contributed by atoms with E-state index in [0.29, 0.717) is 5.56 Å². The van der Waals surface area contributed by atoms with Gasteiger partial charge in [0.1, 0.15) is 11.6 Å². The first-order valence-electron chi connectivity index (χ1n) is 3.56. The lowest BCUT2D eigenvalue weighted by molar-refractivity contribution is 0.528. The molecule has 66 valence electrons. The second-order valence-corrected chi connectivity index (χ2v) is 2.55. The molecule has 1 aromatic carbocycles.